The molecule has 0 aliphatic heterocycles. The second-order valence-electron chi connectivity index (χ2n) is 6.41. The summed E-state index contributed by atoms with van der Waals surface area (Å²) in [4.78, 5) is 18.6. The van der Waals surface area contributed by atoms with Gasteiger partial charge in [0.05, 0.1) is 23.6 Å². The maximum absolute atomic E-state index is 12.6. The lowest BCUT2D eigenvalue weighted by molar-refractivity contribution is 0.219. The molecule has 0 unspecified atom stereocenters. The van der Waals surface area contributed by atoms with E-state index in [-0.39, 0.29) is 6.03 Å². The highest BCUT2D eigenvalue weighted by molar-refractivity contribution is 5.90. The average molecular weight is 352 g/mol. The van der Waals surface area contributed by atoms with Crippen molar-refractivity contribution in [1.29, 1.82) is 0 Å². The predicted molar refractivity (Wildman–Crippen MR) is 101 cm³/mol. The zero-order valence-corrected chi connectivity index (χ0v) is 15.6. The Kier molecular flexibility index (Phi) is 5.06. The van der Waals surface area contributed by atoms with Crippen molar-refractivity contribution in [2.24, 2.45) is 7.05 Å². The molecule has 0 fully saturated rings. The summed E-state index contributed by atoms with van der Waals surface area (Å²) < 4.78 is 3.82. The zero-order chi connectivity index (χ0) is 18.7. The van der Waals surface area contributed by atoms with Gasteiger partial charge in [0.25, 0.3) is 0 Å². The number of imidazole rings is 1. The number of benzene rings is 1. The van der Waals surface area contributed by atoms with E-state index in [1.165, 1.54) is 5.56 Å². The van der Waals surface area contributed by atoms with Crippen LogP contribution in [0.25, 0.3) is 0 Å². The fourth-order valence-electron chi connectivity index (χ4n) is 2.86. The molecule has 0 radical (unpaired) electrons. The van der Waals surface area contributed by atoms with Gasteiger partial charge in [-0.2, -0.15) is 5.10 Å². The molecule has 3 aromatic rings. The normalized spacial score (nSPS) is 10.8. The van der Waals surface area contributed by atoms with Crippen LogP contribution in [0, 0.1) is 13.8 Å². The quantitative estimate of drug-likeness (QED) is 0.768. The van der Waals surface area contributed by atoms with Crippen LogP contribution in [0.15, 0.2) is 42.7 Å². The van der Waals surface area contributed by atoms with Gasteiger partial charge in [0.15, 0.2) is 0 Å². The van der Waals surface area contributed by atoms with Crippen LogP contribution in [0.1, 0.15) is 22.8 Å². The maximum Gasteiger partial charge on any atom is 0.322 e. The van der Waals surface area contributed by atoms with Gasteiger partial charge in [0.1, 0.15) is 5.82 Å². The van der Waals surface area contributed by atoms with E-state index >= 15 is 0 Å². The molecule has 0 spiro atoms. The minimum Gasteiger partial charge on any atom is -0.329 e. The summed E-state index contributed by atoms with van der Waals surface area (Å²) in [5, 5.41) is 7.27. The van der Waals surface area contributed by atoms with E-state index in [0.717, 1.165) is 29.4 Å². The molecule has 136 valence electrons. The smallest absolute Gasteiger partial charge is 0.322 e. The monoisotopic (exact) mass is 352 g/mol. The number of aryl methyl sites for hydroxylation is 2. The largest absolute Gasteiger partial charge is 0.329 e. The molecule has 1 aromatic carbocycles. The van der Waals surface area contributed by atoms with Gasteiger partial charge in [-0.05, 0) is 19.4 Å². The van der Waals surface area contributed by atoms with Crippen LogP contribution >= 0.6 is 0 Å². The van der Waals surface area contributed by atoms with Crippen molar-refractivity contribution in [3.05, 3.63) is 65.5 Å². The van der Waals surface area contributed by atoms with E-state index in [9.17, 15) is 4.79 Å². The third kappa shape index (κ3) is 3.77. The third-order valence-corrected chi connectivity index (χ3v) is 4.46. The molecule has 2 aromatic heterocycles. The Morgan fingerprint density at radius 2 is 1.96 bits per heavy atom. The number of nitrogens with zero attached hydrogens (tertiary/aromatic N) is 5. The summed E-state index contributed by atoms with van der Waals surface area (Å²) in [6.07, 6.45) is 3.70. The number of urea groups is 1. The standard InChI is InChI=1S/C19H24N6O/c1-14-18(15(2)24(4)22-14)21-19(26)23(3)13-17-20-10-11-25(17)12-16-8-6-5-7-9-16/h5-11H,12-13H2,1-4H3,(H,21,26). The first-order valence-electron chi connectivity index (χ1n) is 8.52. The fourth-order valence-corrected chi connectivity index (χ4v) is 2.86. The van der Waals surface area contributed by atoms with Crippen LogP contribution in [0.5, 0.6) is 0 Å². The Bertz CT molecular complexity index is 896. The van der Waals surface area contributed by atoms with E-state index in [1.807, 2.05) is 45.3 Å². The highest BCUT2D eigenvalue weighted by Crippen LogP contribution is 2.19. The second kappa shape index (κ2) is 7.43. The summed E-state index contributed by atoms with van der Waals surface area (Å²) in [5.41, 5.74) is 3.68. The molecule has 0 saturated carbocycles. The SMILES string of the molecule is Cc1nn(C)c(C)c1NC(=O)N(C)Cc1nccn1Cc1ccccc1. The summed E-state index contributed by atoms with van der Waals surface area (Å²) in [7, 11) is 3.62. The lowest BCUT2D eigenvalue weighted by Crippen LogP contribution is -2.32. The number of anilines is 1. The number of aromatic nitrogens is 4. The Morgan fingerprint density at radius 3 is 2.62 bits per heavy atom. The predicted octanol–water partition coefficient (Wildman–Crippen LogP) is 2.95. The number of carbonyl (C=O) groups excluding carboxylic acids is 1. The Morgan fingerprint density at radius 1 is 1.23 bits per heavy atom. The third-order valence-electron chi connectivity index (χ3n) is 4.46. The fraction of sp³-hybridized carbons (Fsp3) is 0.316. The molecule has 0 aliphatic carbocycles. The molecule has 3 rings (SSSR count). The molecule has 26 heavy (non-hydrogen) atoms. The van der Waals surface area contributed by atoms with E-state index in [1.54, 1.807) is 22.8 Å². The van der Waals surface area contributed by atoms with Crippen molar-refractivity contribution >= 4 is 11.7 Å². The van der Waals surface area contributed by atoms with Gasteiger partial charge in [-0.15, -0.1) is 0 Å². The molecular weight excluding hydrogens is 328 g/mol. The Balaban J connectivity index is 1.67. The minimum atomic E-state index is -0.182. The number of carbonyl (C=O) groups is 1. The topological polar surface area (TPSA) is 68.0 Å². The van der Waals surface area contributed by atoms with Gasteiger partial charge >= 0.3 is 6.03 Å². The van der Waals surface area contributed by atoms with Gasteiger partial charge in [-0.25, -0.2) is 9.78 Å². The van der Waals surface area contributed by atoms with Gasteiger partial charge < -0.3 is 14.8 Å². The zero-order valence-electron chi connectivity index (χ0n) is 15.6. The lowest BCUT2D eigenvalue weighted by atomic mass is 10.2. The van der Waals surface area contributed by atoms with Gasteiger partial charge in [-0.3, -0.25) is 4.68 Å². The molecule has 7 heteroatoms. The van der Waals surface area contributed by atoms with Crippen LogP contribution in [0.2, 0.25) is 0 Å². The first-order valence-corrected chi connectivity index (χ1v) is 8.52. The molecule has 7 nitrogen and oxygen atoms in total. The summed E-state index contributed by atoms with van der Waals surface area (Å²) >= 11 is 0. The average Bonchev–Trinajstić information content (AvgIpc) is 3.15. The van der Waals surface area contributed by atoms with Crippen LogP contribution in [0.4, 0.5) is 10.5 Å². The summed E-state index contributed by atoms with van der Waals surface area (Å²) in [6, 6.07) is 10.0. The molecule has 0 aliphatic rings. The van der Waals surface area contributed by atoms with Gasteiger partial charge in [-0.1, -0.05) is 30.3 Å². The van der Waals surface area contributed by atoms with E-state index in [4.69, 9.17) is 0 Å². The molecule has 1 N–H and O–H groups in total. The van der Waals surface area contributed by atoms with Crippen molar-refractivity contribution in [2.75, 3.05) is 12.4 Å². The number of amides is 2. The van der Waals surface area contributed by atoms with Crippen LogP contribution in [-0.2, 0) is 20.1 Å². The van der Waals surface area contributed by atoms with Crippen molar-refractivity contribution in [3.63, 3.8) is 0 Å². The summed E-state index contributed by atoms with van der Waals surface area (Å²) in [5.74, 6) is 0.839. The minimum absolute atomic E-state index is 0.182. The molecule has 0 saturated heterocycles. The van der Waals surface area contributed by atoms with E-state index in [0.29, 0.717) is 6.54 Å². The highest BCUT2D eigenvalue weighted by Gasteiger charge is 2.17. The molecule has 0 atom stereocenters. The Labute approximate surface area is 153 Å². The number of hydrogen-bond donors (Lipinski definition) is 1. The van der Waals surface area contributed by atoms with Crippen molar-refractivity contribution in [1.82, 2.24) is 24.2 Å². The van der Waals surface area contributed by atoms with Crippen LogP contribution in [0.3, 0.4) is 0 Å². The maximum atomic E-state index is 12.6. The summed E-state index contributed by atoms with van der Waals surface area (Å²) in [6.45, 7) is 4.97. The lowest BCUT2D eigenvalue weighted by Gasteiger charge is -2.18. The molecular formula is C19H24N6O. The number of rotatable bonds is 5. The van der Waals surface area contributed by atoms with E-state index < -0.39 is 0 Å². The van der Waals surface area contributed by atoms with Crippen molar-refractivity contribution in [2.45, 2.75) is 26.9 Å². The van der Waals surface area contributed by atoms with Crippen LogP contribution in [-0.4, -0.2) is 37.3 Å². The highest BCUT2D eigenvalue weighted by atomic mass is 16.2. The van der Waals surface area contributed by atoms with Crippen LogP contribution < -0.4 is 5.32 Å². The van der Waals surface area contributed by atoms with Crippen molar-refractivity contribution < 1.29 is 4.79 Å². The Hall–Kier alpha value is -3.09. The van der Waals surface area contributed by atoms with Gasteiger partial charge in [0.2, 0.25) is 0 Å². The first kappa shape index (κ1) is 17.7. The first-order chi connectivity index (χ1) is 12.5. The van der Waals surface area contributed by atoms with Gasteiger partial charge in [0, 0.05) is 33.0 Å². The van der Waals surface area contributed by atoms with Crippen molar-refractivity contribution in [3.8, 4) is 0 Å². The second-order valence-corrected chi connectivity index (χ2v) is 6.41. The molecule has 0 bridgehead atoms. The number of hydrogen-bond acceptors (Lipinski definition) is 3. The molecule has 2 amide bonds. The number of nitrogens with one attached hydrogen (secondary N) is 1. The molecule has 2 heterocycles. The van der Waals surface area contributed by atoms with E-state index in [2.05, 4.69) is 32.1 Å².